The minimum absolute atomic E-state index is 0.0651. The Labute approximate surface area is 198 Å². The number of fused-ring (bicyclic) bond motifs is 1. The van der Waals surface area contributed by atoms with Crippen LogP contribution in [-0.2, 0) is 0 Å². The Balaban J connectivity index is 1.84. The molecule has 0 saturated carbocycles. The van der Waals surface area contributed by atoms with Crippen LogP contribution in [0.1, 0.15) is 0 Å². The van der Waals surface area contributed by atoms with Crippen LogP contribution >= 0.6 is 22.7 Å². The highest BCUT2D eigenvalue weighted by Crippen LogP contribution is 2.52. The molecule has 6 nitrogen and oxygen atoms in total. The number of thiazole rings is 2. The molecule has 0 aliphatic carbocycles. The zero-order valence-electron chi connectivity index (χ0n) is 18.2. The van der Waals surface area contributed by atoms with Crippen LogP contribution in [0.2, 0.25) is 0 Å². The van der Waals surface area contributed by atoms with E-state index in [1.807, 2.05) is 53.9 Å². The summed E-state index contributed by atoms with van der Waals surface area (Å²) in [6.45, 7) is 0. The Kier molecular flexibility index (Phi) is 5.62. The van der Waals surface area contributed by atoms with E-state index in [4.69, 9.17) is 19.2 Å². The Hall–Kier alpha value is -3.62. The highest BCUT2D eigenvalue weighted by Gasteiger charge is 2.26. The number of benzene rings is 3. The molecule has 33 heavy (non-hydrogen) atoms. The standard InChI is InChI=1S/C25H20N2O4S2/c1-29-16-8-4-14(5-9-16)18-20-23(33-25(27-20)24-26-12-13-32-24)19(21(28)22(18)31-3)15-6-10-17(30-2)11-7-15/h4-13,28H,1-3H3. The molecule has 0 fully saturated rings. The van der Waals surface area contributed by atoms with Gasteiger partial charge in [0.1, 0.15) is 11.5 Å². The summed E-state index contributed by atoms with van der Waals surface area (Å²) in [6, 6.07) is 15.2. The van der Waals surface area contributed by atoms with Crippen LogP contribution in [0.4, 0.5) is 0 Å². The van der Waals surface area contributed by atoms with E-state index in [-0.39, 0.29) is 5.75 Å². The summed E-state index contributed by atoms with van der Waals surface area (Å²) in [6.07, 6.45) is 1.76. The monoisotopic (exact) mass is 476 g/mol. The second-order valence-electron chi connectivity index (χ2n) is 7.12. The summed E-state index contributed by atoms with van der Waals surface area (Å²) >= 11 is 3.03. The minimum atomic E-state index is 0.0651. The van der Waals surface area contributed by atoms with E-state index in [9.17, 15) is 5.11 Å². The third-order valence-electron chi connectivity index (χ3n) is 5.35. The Morgan fingerprint density at radius 3 is 1.88 bits per heavy atom. The highest BCUT2D eigenvalue weighted by molar-refractivity contribution is 7.25. The first-order valence-corrected chi connectivity index (χ1v) is 11.8. The largest absolute Gasteiger partial charge is 0.504 e. The molecule has 0 radical (unpaired) electrons. The zero-order chi connectivity index (χ0) is 22.9. The van der Waals surface area contributed by atoms with E-state index in [0.29, 0.717) is 11.3 Å². The van der Waals surface area contributed by atoms with Gasteiger partial charge in [-0.05, 0) is 35.4 Å². The molecular weight excluding hydrogens is 456 g/mol. The van der Waals surface area contributed by atoms with Gasteiger partial charge in [-0.25, -0.2) is 9.97 Å². The van der Waals surface area contributed by atoms with Crippen LogP contribution in [0.3, 0.4) is 0 Å². The van der Waals surface area contributed by atoms with Gasteiger partial charge in [-0.3, -0.25) is 0 Å². The van der Waals surface area contributed by atoms with Crippen molar-refractivity contribution < 1.29 is 19.3 Å². The molecule has 3 aromatic carbocycles. The number of hydrogen-bond acceptors (Lipinski definition) is 8. The van der Waals surface area contributed by atoms with Crippen molar-refractivity contribution in [3.05, 3.63) is 60.1 Å². The maximum atomic E-state index is 11.4. The van der Waals surface area contributed by atoms with Gasteiger partial charge >= 0.3 is 0 Å². The maximum absolute atomic E-state index is 11.4. The van der Waals surface area contributed by atoms with Crippen LogP contribution in [0.5, 0.6) is 23.0 Å². The Morgan fingerprint density at radius 1 is 0.758 bits per heavy atom. The van der Waals surface area contributed by atoms with E-state index in [2.05, 4.69) is 4.98 Å². The lowest BCUT2D eigenvalue weighted by Gasteiger charge is -2.16. The van der Waals surface area contributed by atoms with E-state index in [1.165, 1.54) is 22.7 Å². The maximum Gasteiger partial charge on any atom is 0.171 e. The van der Waals surface area contributed by atoms with E-state index in [0.717, 1.165) is 48.4 Å². The molecule has 2 aromatic heterocycles. The van der Waals surface area contributed by atoms with E-state index in [1.54, 1.807) is 27.5 Å². The number of methoxy groups -OCH3 is 3. The van der Waals surface area contributed by atoms with E-state index >= 15 is 0 Å². The molecule has 1 N–H and O–H groups in total. The first-order valence-electron chi connectivity index (χ1n) is 10.1. The van der Waals surface area contributed by atoms with Crippen LogP contribution < -0.4 is 14.2 Å². The predicted octanol–water partition coefficient (Wildman–Crippen LogP) is 6.49. The molecule has 0 aliphatic rings. The van der Waals surface area contributed by atoms with Gasteiger partial charge in [-0.2, -0.15) is 0 Å². The third kappa shape index (κ3) is 3.67. The number of nitrogens with zero attached hydrogens (tertiary/aromatic N) is 2. The molecule has 8 heteroatoms. The summed E-state index contributed by atoms with van der Waals surface area (Å²) in [7, 11) is 4.81. The SMILES string of the molecule is COc1ccc(-c2c(OC)c(O)c(-c3ccc(OC)cc3)c3sc(-c4nccs4)nc23)cc1. The number of hydrogen-bond donors (Lipinski definition) is 1. The molecule has 0 aliphatic heterocycles. The smallest absolute Gasteiger partial charge is 0.171 e. The summed E-state index contributed by atoms with van der Waals surface area (Å²) in [5, 5.41) is 15.0. The molecule has 0 unspecified atom stereocenters. The number of rotatable bonds is 6. The molecule has 0 bridgehead atoms. The normalized spacial score (nSPS) is 11.0. The molecule has 0 saturated heterocycles. The number of aromatic hydroxyl groups is 1. The van der Waals surface area contributed by atoms with Gasteiger partial charge in [0.2, 0.25) is 0 Å². The van der Waals surface area contributed by atoms with Crippen molar-refractivity contribution >= 4 is 32.9 Å². The van der Waals surface area contributed by atoms with Gasteiger partial charge in [-0.15, -0.1) is 22.7 Å². The van der Waals surface area contributed by atoms with Gasteiger partial charge < -0.3 is 19.3 Å². The van der Waals surface area contributed by atoms with Crippen LogP contribution in [-0.4, -0.2) is 36.4 Å². The predicted molar refractivity (Wildman–Crippen MR) is 133 cm³/mol. The highest BCUT2D eigenvalue weighted by atomic mass is 32.1. The number of phenolic OH excluding ortho intramolecular Hbond substituents is 1. The summed E-state index contributed by atoms with van der Waals surface area (Å²) in [5.74, 6) is 1.92. The summed E-state index contributed by atoms with van der Waals surface area (Å²) < 4.78 is 17.2. The average Bonchev–Trinajstić information content (AvgIpc) is 3.54. The fourth-order valence-corrected chi connectivity index (χ4v) is 5.60. The molecular formula is C25H20N2O4S2. The van der Waals surface area contributed by atoms with Crippen LogP contribution in [0.25, 0.3) is 42.5 Å². The molecule has 166 valence electrons. The summed E-state index contributed by atoms with van der Waals surface area (Å²) in [5.41, 5.74) is 3.85. The van der Waals surface area contributed by atoms with Crippen molar-refractivity contribution in [3.63, 3.8) is 0 Å². The third-order valence-corrected chi connectivity index (χ3v) is 7.34. The lowest BCUT2D eigenvalue weighted by atomic mass is 9.96. The van der Waals surface area contributed by atoms with Gasteiger partial charge in [0.05, 0.1) is 37.1 Å². The Morgan fingerprint density at radius 2 is 1.36 bits per heavy atom. The fourth-order valence-electron chi connectivity index (χ4n) is 3.78. The second kappa shape index (κ2) is 8.73. The van der Waals surface area contributed by atoms with E-state index < -0.39 is 0 Å². The number of aromatic nitrogens is 2. The lowest BCUT2D eigenvalue weighted by molar-refractivity contribution is 0.376. The number of phenols is 1. The Bertz CT molecular complexity index is 1410. The summed E-state index contributed by atoms with van der Waals surface area (Å²) in [4.78, 5) is 9.40. The first-order chi connectivity index (χ1) is 16.1. The van der Waals surface area contributed by atoms with Crippen LogP contribution in [0, 0.1) is 0 Å². The van der Waals surface area contributed by atoms with Crippen molar-refractivity contribution in [1.29, 1.82) is 0 Å². The van der Waals surface area contributed by atoms with Crippen molar-refractivity contribution in [2.24, 2.45) is 0 Å². The first kappa shape index (κ1) is 21.2. The quantitative estimate of drug-likeness (QED) is 0.302. The van der Waals surface area contributed by atoms with Crippen molar-refractivity contribution in [3.8, 4) is 55.3 Å². The van der Waals surface area contributed by atoms with Crippen molar-refractivity contribution in [1.82, 2.24) is 9.97 Å². The van der Waals surface area contributed by atoms with Crippen molar-refractivity contribution in [2.75, 3.05) is 21.3 Å². The number of ether oxygens (including phenoxy) is 3. The van der Waals surface area contributed by atoms with Gasteiger partial charge in [0.15, 0.2) is 21.5 Å². The topological polar surface area (TPSA) is 73.7 Å². The molecule has 2 heterocycles. The average molecular weight is 477 g/mol. The zero-order valence-corrected chi connectivity index (χ0v) is 19.8. The second-order valence-corrected chi connectivity index (χ2v) is 9.02. The molecule has 0 spiro atoms. The van der Waals surface area contributed by atoms with Crippen LogP contribution in [0.15, 0.2) is 60.1 Å². The minimum Gasteiger partial charge on any atom is -0.504 e. The molecule has 5 rings (SSSR count). The lowest BCUT2D eigenvalue weighted by Crippen LogP contribution is -1.94. The molecule has 5 aromatic rings. The molecule has 0 amide bonds. The van der Waals surface area contributed by atoms with Gasteiger partial charge in [-0.1, -0.05) is 24.3 Å². The fraction of sp³-hybridized carbons (Fsp3) is 0.120. The van der Waals surface area contributed by atoms with Crippen molar-refractivity contribution in [2.45, 2.75) is 0 Å². The molecule has 0 atom stereocenters. The van der Waals surface area contributed by atoms with Gasteiger partial charge in [0.25, 0.3) is 0 Å². The van der Waals surface area contributed by atoms with Gasteiger partial charge in [0, 0.05) is 17.1 Å².